The Morgan fingerprint density at radius 2 is 1.88 bits per heavy atom. The average molecular weight is 439 g/mol. The molecule has 0 saturated carbocycles. The molecule has 140 valence electrons. The molecule has 0 heterocycles. The number of carbonyl (C=O) groups excluding carboxylic acids is 1. The second-order valence-corrected chi connectivity index (χ2v) is 8.62. The van der Waals surface area contributed by atoms with Crippen molar-refractivity contribution in [2.75, 3.05) is 11.3 Å². The highest BCUT2D eigenvalue weighted by atomic mass is 79.9. The minimum Gasteiger partial charge on any atom is -0.352 e. The SMILES string of the molecule is CCCCCNC(=O)c1cccc(S(=O)(=O)Nc2cc(C)ccc2Br)c1. The van der Waals surface area contributed by atoms with Gasteiger partial charge in [0.1, 0.15) is 0 Å². The summed E-state index contributed by atoms with van der Waals surface area (Å²) in [5, 5.41) is 2.82. The molecular weight excluding hydrogens is 416 g/mol. The Kier molecular flexibility index (Phi) is 7.23. The Labute approximate surface area is 163 Å². The number of halogens is 1. The van der Waals surface area contributed by atoms with Crippen molar-refractivity contribution in [2.45, 2.75) is 38.0 Å². The van der Waals surface area contributed by atoms with E-state index in [1.165, 1.54) is 12.1 Å². The van der Waals surface area contributed by atoms with Crippen molar-refractivity contribution in [3.05, 3.63) is 58.1 Å². The molecular formula is C19H23BrN2O3S. The lowest BCUT2D eigenvalue weighted by atomic mass is 10.2. The first-order chi connectivity index (χ1) is 12.3. The third-order valence-corrected chi connectivity index (χ3v) is 5.89. The lowest BCUT2D eigenvalue weighted by Crippen LogP contribution is -2.24. The Hall–Kier alpha value is -1.86. The van der Waals surface area contributed by atoms with Crippen LogP contribution in [0.25, 0.3) is 0 Å². The molecule has 0 bridgehead atoms. The van der Waals surface area contributed by atoms with Crippen molar-refractivity contribution in [3.8, 4) is 0 Å². The molecule has 0 unspecified atom stereocenters. The highest BCUT2D eigenvalue weighted by Crippen LogP contribution is 2.26. The number of hydrogen-bond donors (Lipinski definition) is 2. The zero-order valence-electron chi connectivity index (χ0n) is 14.9. The number of nitrogens with one attached hydrogen (secondary N) is 2. The van der Waals surface area contributed by atoms with Gasteiger partial charge >= 0.3 is 0 Å². The number of carbonyl (C=O) groups is 1. The van der Waals surface area contributed by atoms with E-state index in [-0.39, 0.29) is 10.8 Å². The molecule has 0 aliphatic rings. The monoisotopic (exact) mass is 438 g/mol. The molecule has 0 saturated heterocycles. The number of aryl methyl sites for hydroxylation is 1. The van der Waals surface area contributed by atoms with Crippen molar-refractivity contribution in [3.63, 3.8) is 0 Å². The lowest BCUT2D eigenvalue weighted by Gasteiger charge is -2.12. The van der Waals surface area contributed by atoms with E-state index in [0.717, 1.165) is 24.8 Å². The second kappa shape index (κ2) is 9.19. The number of amides is 1. The summed E-state index contributed by atoms with van der Waals surface area (Å²) in [6, 6.07) is 11.4. The molecule has 0 fully saturated rings. The summed E-state index contributed by atoms with van der Waals surface area (Å²) < 4.78 is 28.6. The van der Waals surface area contributed by atoms with E-state index in [2.05, 4.69) is 32.9 Å². The van der Waals surface area contributed by atoms with E-state index < -0.39 is 10.0 Å². The van der Waals surface area contributed by atoms with E-state index in [1.807, 2.05) is 13.0 Å². The normalized spacial score (nSPS) is 11.2. The molecule has 5 nitrogen and oxygen atoms in total. The molecule has 2 aromatic rings. The summed E-state index contributed by atoms with van der Waals surface area (Å²) in [5.74, 6) is -0.269. The van der Waals surface area contributed by atoms with Gasteiger partial charge in [-0.15, -0.1) is 0 Å². The van der Waals surface area contributed by atoms with Crippen LogP contribution in [0, 0.1) is 6.92 Å². The van der Waals surface area contributed by atoms with Crippen LogP contribution in [0.15, 0.2) is 51.8 Å². The molecule has 0 spiro atoms. The molecule has 1 amide bonds. The summed E-state index contributed by atoms with van der Waals surface area (Å²) in [7, 11) is -3.80. The van der Waals surface area contributed by atoms with Gasteiger partial charge in [0, 0.05) is 16.6 Å². The van der Waals surface area contributed by atoms with Gasteiger partial charge in [-0.2, -0.15) is 0 Å². The molecule has 2 aromatic carbocycles. The predicted octanol–water partition coefficient (Wildman–Crippen LogP) is 4.48. The summed E-state index contributed by atoms with van der Waals surface area (Å²) in [6.07, 6.45) is 3.02. The highest BCUT2D eigenvalue weighted by Gasteiger charge is 2.17. The first-order valence-electron chi connectivity index (χ1n) is 8.50. The van der Waals surface area contributed by atoms with E-state index in [4.69, 9.17) is 0 Å². The topological polar surface area (TPSA) is 75.3 Å². The maximum atomic E-state index is 12.7. The van der Waals surface area contributed by atoms with Crippen LogP contribution in [-0.2, 0) is 10.0 Å². The summed E-state index contributed by atoms with van der Waals surface area (Å²) in [6.45, 7) is 4.56. The smallest absolute Gasteiger partial charge is 0.261 e. The quantitative estimate of drug-likeness (QED) is 0.596. The van der Waals surface area contributed by atoms with Crippen molar-refractivity contribution in [1.29, 1.82) is 0 Å². The van der Waals surface area contributed by atoms with Crippen LogP contribution in [0.5, 0.6) is 0 Å². The Morgan fingerprint density at radius 3 is 2.62 bits per heavy atom. The third kappa shape index (κ3) is 5.57. The number of benzene rings is 2. The van der Waals surface area contributed by atoms with Gasteiger partial charge < -0.3 is 5.32 Å². The van der Waals surface area contributed by atoms with Crippen LogP contribution in [-0.4, -0.2) is 20.9 Å². The minimum atomic E-state index is -3.80. The number of sulfonamides is 1. The second-order valence-electron chi connectivity index (χ2n) is 6.08. The van der Waals surface area contributed by atoms with Crippen LogP contribution in [0.2, 0.25) is 0 Å². The van der Waals surface area contributed by atoms with E-state index in [9.17, 15) is 13.2 Å². The fourth-order valence-corrected chi connectivity index (χ4v) is 4.00. The number of hydrogen-bond acceptors (Lipinski definition) is 3. The zero-order valence-corrected chi connectivity index (χ0v) is 17.3. The van der Waals surface area contributed by atoms with Gasteiger partial charge in [0.15, 0.2) is 0 Å². The molecule has 0 radical (unpaired) electrons. The van der Waals surface area contributed by atoms with Gasteiger partial charge in [-0.25, -0.2) is 8.42 Å². The zero-order chi connectivity index (χ0) is 19.2. The van der Waals surface area contributed by atoms with Crippen LogP contribution in [0.4, 0.5) is 5.69 Å². The minimum absolute atomic E-state index is 0.0483. The molecule has 2 N–H and O–H groups in total. The maximum Gasteiger partial charge on any atom is 0.261 e. The first kappa shape index (κ1) is 20.5. The van der Waals surface area contributed by atoms with Gasteiger partial charge in [0.2, 0.25) is 0 Å². The molecule has 26 heavy (non-hydrogen) atoms. The van der Waals surface area contributed by atoms with Crippen LogP contribution in [0.3, 0.4) is 0 Å². The van der Waals surface area contributed by atoms with E-state index >= 15 is 0 Å². The standard InChI is InChI=1S/C19H23BrN2O3S/c1-3-4-5-11-21-19(23)15-7-6-8-16(13-15)26(24,25)22-18-12-14(2)9-10-17(18)20/h6-10,12-13,22H,3-5,11H2,1-2H3,(H,21,23). The van der Waals surface area contributed by atoms with Gasteiger partial charge in [-0.1, -0.05) is 31.9 Å². The van der Waals surface area contributed by atoms with Crippen molar-refractivity contribution in [1.82, 2.24) is 5.32 Å². The molecule has 0 aromatic heterocycles. The van der Waals surface area contributed by atoms with Crippen LogP contribution >= 0.6 is 15.9 Å². The van der Waals surface area contributed by atoms with Crippen LogP contribution < -0.4 is 10.0 Å². The molecule has 7 heteroatoms. The van der Waals surface area contributed by atoms with Crippen molar-refractivity contribution < 1.29 is 13.2 Å². The maximum absolute atomic E-state index is 12.7. The summed E-state index contributed by atoms with van der Waals surface area (Å²) in [4.78, 5) is 12.3. The highest BCUT2D eigenvalue weighted by molar-refractivity contribution is 9.10. The first-order valence-corrected chi connectivity index (χ1v) is 10.8. The van der Waals surface area contributed by atoms with E-state index in [0.29, 0.717) is 22.3 Å². The Balaban J connectivity index is 2.17. The Bertz CT molecular complexity index is 882. The van der Waals surface area contributed by atoms with Crippen LogP contribution in [0.1, 0.15) is 42.1 Å². The van der Waals surface area contributed by atoms with Gasteiger partial charge in [-0.3, -0.25) is 9.52 Å². The fourth-order valence-electron chi connectivity index (χ4n) is 2.40. The van der Waals surface area contributed by atoms with Gasteiger partial charge in [0.05, 0.1) is 10.6 Å². The predicted molar refractivity (Wildman–Crippen MR) is 108 cm³/mol. The largest absolute Gasteiger partial charge is 0.352 e. The number of unbranched alkanes of at least 4 members (excludes halogenated alkanes) is 2. The summed E-state index contributed by atoms with van der Waals surface area (Å²) in [5.41, 5.74) is 1.72. The lowest BCUT2D eigenvalue weighted by molar-refractivity contribution is 0.0952. The third-order valence-electron chi connectivity index (χ3n) is 3.84. The van der Waals surface area contributed by atoms with Crippen molar-refractivity contribution >= 4 is 37.5 Å². The van der Waals surface area contributed by atoms with Crippen molar-refractivity contribution in [2.24, 2.45) is 0 Å². The fraction of sp³-hybridized carbons (Fsp3) is 0.316. The van der Waals surface area contributed by atoms with Gasteiger partial charge in [0.25, 0.3) is 15.9 Å². The number of rotatable bonds is 8. The Morgan fingerprint density at radius 1 is 1.12 bits per heavy atom. The summed E-state index contributed by atoms with van der Waals surface area (Å²) >= 11 is 3.34. The molecule has 2 rings (SSSR count). The van der Waals surface area contributed by atoms with Gasteiger partial charge in [-0.05, 0) is 65.2 Å². The molecule has 0 aliphatic carbocycles. The average Bonchev–Trinajstić information content (AvgIpc) is 2.61. The molecule has 0 atom stereocenters. The number of anilines is 1. The van der Waals surface area contributed by atoms with E-state index in [1.54, 1.807) is 24.3 Å². The molecule has 0 aliphatic heterocycles.